The van der Waals surface area contributed by atoms with Gasteiger partial charge in [-0.3, -0.25) is 19.2 Å². The van der Waals surface area contributed by atoms with Crippen LogP contribution in [0.1, 0.15) is 42.4 Å². The van der Waals surface area contributed by atoms with Crippen LogP contribution in [0.25, 0.3) is 0 Å². The molecule has 0 bridgehead atoms. The molecule has 0 radical (unpaired) electrons. The van der Waals surface area contributed by atoms with Gasteiger partial charge >= 0.3 is 5.97 Å². The first kappa shape index (κ1) is 19.4. The standard InChI is InChI=1S/C16H23N3O5/c1-8(2)17-12(20)7-19-11(5)14(9(3)6-13(19)21)15(22)18-10(4)16(23)24/h6,8,10H,7H2,1-5H3,(H,17,20)(H,18,22)(H,23,24)/t10-/m1/s1. The number of rotatable bonds is 6. The van der Waals surface area contributed by atoms with Gasteiger partial charge in [0.2, 0.25) is 5.91 Å². The molecule has 1 aromatic heterocycles. The van der Waals surface area contributed by atoms with E-state index in [1.165, 1.54) is 17.6 Å². The largest absolute Gasteiger partial charge is 0.480 e. The Morgan fingerprint density at radius 1 is 1.17 bits per heavy atom. The summed E-state index contributed by atoms with van der Waals surface area (Å²) in [5, 5.41) is 13.9. The van der Waals surface area contributed by atoms with Crippen LogP contribution in [0.15, 0.2) is 10.9 Å². The molecule has 0 aromatic carbocycles. The van der Waals surface area contributed by atoms with Gasteiger partial charge in [-0.05, 0) is 40.2 Å². The highest BCUT2D eigenvalue weighted by molar-refractivity contribution is 5.98. The molecule has 0 fully saturated rings. The third-order valence-electron chi connectivity index (χ3n) is 3.46. The number of carbonyl (C=O) groups is 3. The van der Waals surface area contributed by atoms with E-state index in [2.05, 4.69) is 10.6 Å². The van der Waals surface area contributed by atoms with E-state index < -0.39 is 23.5 Å². The molecule has 2 amide bonds. The summed E-state index contributed by atoms with van der Waals surface area (Å²) in [4.78, 5) is 47.3. The molecule has 0 aliphatic rings. The maximum Gasteiger partial charge on any atom is 0.325 e. The zero-order valence-electron chi connectivity index (χ0n) is 14.5. The van der Waals surface area contributed by atoms with Crippen LogP contribution in [0.3, 0.4) is 0 Å². The fraction of sp³-hybridized carbons (Fsp3) is 0.500. The fourth-order valence-corrected chi connectivity index (χ4v) is 2.30. The lowest BCUT2D eigenvalue weighted by Gasteiger charge is -2.17. The first-order valence-corrected chi connectivity index (χ1v) is 7.58. The normalized spacial score (nSPS) is 11.9. The predicted molar refractivity (Wildman–Crippen MR) is 88.0 cm³/mol. The Morgan fingerprint density at radius 2 is 1.75 bits per heavy atom. The van der Waals surface area contributed by atoms with Gasteiger partial charge in [0.25, 0.3) is 11.5 Å². The number of nitrogens with one attached hydrogen (secondary N) is 2. The Hall–Kier alpha value is -2.64. The van der Waals surface area contributed by atoms with Gasteiger partial charge in [0.1, 0.15) is 12.6 Å². The second-order valence-electron chi connectivity index (χ2n) is 5.97. The molecule has 0 saturated heterocycles. The Kier molecular flexibility index (Phi) is 6.27. The highest BCUT2D eigenvalue weighted by atomic mass is 16.4. The van der Waals surface area contributed by atoms with Gasteiger partial charge in [-0.2, -0.15) is 0 Å². The smallest absolute Gasteiger partial charge is 0.325 e. The highest BCUT2D eigenvalue weighted by Crippen LogP contribution is 2.12. The van der Waals surface area contributed by atoms with Crippen LogP contribution in [0.5, 0.6) is 0 Å². The van der Waals surface area contributed by atoms with Gasteiger partial charge in [-0.25, -0.2) is 0 Å². The van der Waals surface area contributed by atoms with Crippen LogP contribution in [-0.2, 0) is 16.1 Å². The summed E-state index contributed by atoms with van der Waals surface area (Å²) in [6.45, 7) is 7.88. The van der Waals surface area contributed by atoms with Crippen molar-refractivity contribution < 1.29 is 19.5 Å². The van der Waals surface area contributed by atoms with Crippen molar-refractivity contribution in [3.8, 4) is 0 Å². The molecule has 8 nitrogen and oxygen atoms in total. The topological polar surface area (TPSA) is 118 Å². The van der Waals surface area contributed by atoms with Crippen LogP contribution >= 0.6 is 0 Å². The van der Waals surface area contributed by atoms with E-state index in [9.17, 15) is 19.2 Å². The monoisotopic (exact) mass is 337 g/mol. The third kappa shape index (κ3) is 4.68. The van der Waals surface area contributed by atoms with Crippen molar-refractivity contribution in [1.29, 1.82) is 0 Å². The van der Waals surface area contributed by atoms with Crippen molar-refractivity contribution in [2.45, 2.75) is 53.2 Å². The maximum atomic E-state index is 12.3. The van der Waals surface area contributed by atoms with Gasteiger partial charge in [-0.1, -0.05) is 0 Å². The molecule has 0 aliphatic carbocycles. The summed E-state index contributed by atoms with van der Waals surface area (Å²) < 4.78 is 1.20. The molecule has 0 unspecified atom stereocenters. The minimum Gasteiger partial charge on any atom is -0.480 e. The molecule has 1 aromatic rings. The second kappa shape index (κ2) is 7.76. The number of carboxylic acid groups (broad SMARTS) is 1. The average molecular weight is 337 g/mol. The molecule has 0 spiro atoms. The molecular formula is C16H23N3O5. The fourth-order valence-electron chi connectivity index (χ4n) is 2.30. The zero-order valence-corrected chi connectivity index (χ0v) is 14.5. The summed E-state index contributed by atoms with van der Waals surface area (Å²) >= 11 is 0. The van der Waals surface area contributed by atoms with E-state index in [0.717, 1.165) is 0 Å². The molecule has 132 valence electrons. The van der Waals surface area contributed by atoms with E-state index in [0.29, 0.717) is 11.3 Å². The Balaban J connectivity index is 3.21. The molecule has 24 heavy (non-hydrogen) atoms. The lowest BCUT2D eigenvalue weighted by atomic mass is 10.1. The van der Waals surface area contributed by atoms with Crippen LogP contribution in [0.2, 0.25) is 0 Å². The number of pyridine rings is 1. The van der Waals surface area contributed by atoms with Crippen LogP contribution in [0.4, 0.5) is 0 Å². The molecule has 1 heterocycles. The van der Waals surface area contributed by atoms with Crippen LogP contribution < -0.4 is 16.2 Å². The molecule has 1 rings (SSSR count). The number of hydrogen-bond acceptors (Lipinski definition) is 4. The number of aryl methyl sites for hydroxylation is 1. The minimum absolute atomic E-state index is 0.0712. The van der Waals surface area contributed by atoms with Crippen molar-refractivity contribution in [2.24, 2.45) is 0 Å². The van der Waals surface area contributed by atoms with Crippen LogP contribution in [-0.4, -0.2) is 39.5 Å². The lowest BCUT2D eigenvalue weighted by molar-refractivity contribution is -0.138. The molecule has 0 saturated carbocycles. The van der Waals surface area contributed by atoms with Crippen molar-refractivity contribution in [3.63, 3.8) is 0 Å². The summed E-state index contributed by atoms with van der Waals surface area (Å²) in [6.07, 6.45) is 0. The van der Waals surface area contributed by atoms with E-state index in [-0.39, 0.29) is 24.1 Å². The molecule has 8 heteroatoms. The van der Waals surface area contributed by atoms with Crippen molar-refractivity contribution >= 4 is 17.8 Å². The van der Waals surface area contributed by atoms with E-state index >= 15 is 0 Å². The second-order valence-corrected chi connectivity index (χ2v) is 5.97. The number of hydrogen-bond donors (Lipinski definition) is 3. The van der Waals surface area contributed by atoms with Crippen molar-refractivity contribution in [3.05, 3.63) is 33.2 Å². The number of aromatic nitrogens is 1. The summed E-state index contributed by atoms with van der Waals surface area (Å²) in [7, 11) is 0. The number of aliphatic carboxylic acids is 1. The summed E-state index contributed by atoms with van der Waals surface area (Å²) in [6, 6.07) is 0.120. The number of carboxylic acids is 1. The van der Waals surface area contributed by atoms with Gasteiger partial charge in [-0.15, -0.1) is 0 Å². The Labute approximate surface area is 139 Å². The third-order valence-corrected chi connectivity index (χ3v) is 3.46. The van der Waals surface area contributed by atoms with E-state index in [1.807, 2.05) is 0 Å². The van der Waals surface area contributed by atoms with E-state index in [1.54, 1.807) is 27.7 Å². The Morgan fingerprint density at radius 3 is 2.25 bits per heavy atom. The quantitative estimate of drug-likeness (QED) is 0.685. The SMILES string of the molecule is Cc1cc(=O)n(CC(=O)NC(C)C)c(C)c1C(=O)N[C@H](C)C(=O)O. The van der Waals surface area contributed by atoms with Gasteiger partial charge < -0.3 is 20.3 Å². The predicted octanol–water partition coefficient (Wildman–Crippen LogP) is 0.193. The van der Waals surface area contributed by atoms with Gasteiger partial charge in [0, 0.05) is 17.8 Å². The Bertz CT molecular complexity index is 721. The highest BCUT2D eigenvalue weighted by Gasteiger charge is 2.21. The lowest BCUT2D eigenvalue weighted by Crippen LogP contribution is -2.41. The van der Waals surface area contributed by atoms with Crippen molar-refractivity contribution in [2.75, 3.05) is 0 Å². The maximum absolute atomic E-state index is 12.3. The first-order chi connectivity index (χ1) is 11.0. The summed E-state index contributed by atoms with van der Waals surface area (Å²) in [5.41, 5.74) is 0.536. The van der Waals surface area contributed by atoms with Gasteiger partial charge in [0.15, 0.2) is 0 Å². The average Bonchev–Trinajstić information content (AvgIpc) is 2.42. The van der Waals surface area contributed by atoms with E-state index in [4.69, 9.17) is 5.11 Å². The van der Waals surface area contributed by atoms with Crippen molar-refractivity contribution in [1.82, 2.24) is 15.2 Å². The molecule has 0 aliphatic heterocycles. The molecular weight excluding hydrogens is 314 g/mol. The zero-order chi connectivity index (χ0) is 18.6. The molecule has 3 N–H and O–H groups in total. The van der Waals surface area contributed by atoms with Crippen LogP contribution in [0, 0.1) is 13.8 Å². The number of carbonyl (C=O) groups excluding carboxylic acids is 2. The van der Waals surface area contributed by atoms with Gasteiger partial charge in [0.05, 0.1) is 5.56 Å². The summed E-state index contributed by atoms with van der Waals surface area (Å²) in [5.74, 6) is -2.11. The minimum atomic E-state index is -1.16. The first-order valence-electron chi connectivity index (χ1n) is 7.58. The molecule has 1 atom stereocenters. The number of nitrogens with zero attached hydrogens (tertiary/aromatic N) is 1. The number of amides is 2.